The zero-order valence-electron chi connectivity index (χ0n) is 14.9. The van der Waals surface area contributed by atoms with Crippen LogP contribution in [-0.2, 0) is 19.4 Å². The van der Waals surface area contributed by atoms with E-state index in [9.17, 15) is 0 Å². The van der Waals surface area contributed by atoms with E-state index >= 15 is 0 Å². The number of aromatic nitrogens is 4. The lowest BCUT2D eigenvalue weighted by molar-refractivity contribution is 0.321. The second-order valence-electron chi connectivity index (χ2n) is 7.33. The van der Waals surface area contributed by atoms with E-state index in [0.29, 0.717) is 5.92 Å². The standard InChI is InChI=1S/C21H23N5/c1-2-9-19-16(6-1)7-5-10-20-23-24-21(26(19)20)17-11-13-25(14-17)15-18-8-3-4-12-22-18/h1-4,6,8-9,12,17H,5,7,10-11,13-15H2. The van der Waals surface area contributed by atoms with Crippen LogP contribution in [0.3, 0.4) is 0 Å². The van der Waals surface area contributed by atoms with Crippen LogP contribution < -0.4 is 0 Å². The molecule has 3 aromatic rings. The molecule has 5 heteroatoms. The van der Waals surface area contributed by atoms with E-state index in [1.54, 1.807) is 0 Å². The molecule has 0 bridgehead atoms. The summed E-state index contributed by atoms with van der Waals surface area (Å²) < 4.78 is 2.34. The van der Waals surface area contributed by atoms with Gasteiger partial charge in [0.15, 0.2) is 0 Å². The molecule has 2 aromatic heterocycles. The summed E-state index contributed by atoms with van der Waals surface area (Å²) in [5.41, 5.74) is 3.83. The highest BCUT2D eigenvalue weighted by molar-refractivity contribution is 5.44. The quantitative estimate of drug-likeness (QED) is 0.732. The molecule has 1 fully saturated rings. The first kappa shape index (κ1) is 15.7. The third kappa shape index (κ3) is 2.82. The Bertz CT molecular complexity index is 902. The van der Waals surface area contributed by atoms with E-state index in [-0.39, 0.29) is 0 Å². The van der Waals surface area contributed by atoms with Gasteiger partial charge in [-0.2, -0.15) is 0 Å². The summed E-state index contributed by atoms with van der Waals surface area (Å²) in [4.78, 5) is 6.95. The smallest absolute Gasteiger partial charge is 0.142 e. The molecule has 0 amide bonds. The Balaban J connectivity index is 1.42. The molecular formula is C21H23N5. The molecule has 4 heterocycles. The Morgan fingerprint density at radius 2 is 1.92 bits per heavy atom. The summed E-state index contributed by atoms with van der Waals surface area (Å²) >= 11 is 0. The van der Waals surface area contributed by atoms with Gasteiger partial charge in [-0.15, -0.1) is 10.2 Å². The largest absolute Gasteiger partial charge is 0.297 e. The molecule has 26 heavy (non-hydrogen) atoms. The van der Waals surface area contributed by atoms with Crippen molar-refractivity contribution in [2.24, 2.45) is 0 Å². The van der Waals surface area contributed by atoms with Crippen molar-refractivity contribution in [2.45, 2.75) is 38.1 Å². The van der Waals surface area contributed by atoms with Gasteiger partial charge in [-0.3, -0.25) is 14.5 Å². The fourth-order valence-corrected chi connectivity index (χ4v) is 4.30. The fourth-order valence-electron chi connectivity index (χ4n) is 4.30. The van der Waals surface area contributed by atoms with E-state index in [0.717, 1.165) is 62.7 Å². The Morgan fingerprint density at radius 3 is 2.85 bits per heavy atom. The minimum atomic E-state index is 0.436. The number of hydrogen-bond acceptors (Lipinski definition) is 4. The molecule has 0 N–H and O–H groups in total. The van der Waals surface area contributed by atoms with Gasteiger partial charge in [-0.25, -0.2) is 0 Å². The molecular weight excluding hydrogens is 322 g/mol. The summed E-state index contributed by atoms with van der Waals surface area (Å²) in [5, 5.41) is 9.18. The minimum absolute atomic E-state index is 0.436. The number of aryl methyl sites for hydroxylation is 2. The SMILES string of the molecule is c1ccc(CN2CCC(c3nnc4n3-c3ccccc3CCC4)C2)nc1. The monoisotopic (exact) mass is 345 g/mol. The van der Waals surface area contributed by atoms with Crippen molar-refractivity contribution < 1.29 is 0 Å². The predicted molar refractivity (Wildman–Crippen MR) is 100 cm³/mol. The molecule has 0 radical (unpaired) electrons. The van der Waals surface area contributed by atoms with Gasteiger partial charge < -0.3 is 0 Å². The summed E-state index contributed by atoms with van der Waals surface area (Å²) in [7, 11) is 0. The number of hydrogen-bond donors (Lipinski definition) is 0. The molecule has 5 rings (SSSR count). The Hall–Kier alpha value is -2.53. The highest BCUT2D eigenvalue weighted by Crippen LogP contribution is 2.32. The van der Waals surface area contributed by atoms with E-state index in [2.05, 4.69) is 61.0 Å². The number of benzene rings is 1. The Morgan fingerprint density at radius 1 is 1.00 bits per heavy atom. The van der Waals surface area contributed by atoms with E-state index in [4.69, 9.17) is 0 Å². The van der Waals surface area contributed by atoms with Crippen LogP contribution in [-0.4, -0.2) is 37.7 Å². The third-order valence-corrected chi connectivity index (χ3v) is 5.58. The molecule has 0 saturated carbocycles. The topological polar surface area (TPSA) is 46.8 Å². The maximum absolute atomic E-state index is 4.63. The molecule has 1 saturated heterocycles. The second-order valence-corrected chi connectivity index (χ2v) is 7.33. The highest BCUT2D eigenvalue weighted by atomic mass is 15.3. The van der Waals surface area contributed by atoms with Crippen molar-refractivity contribution in [2.75, 3.05) is 13.1 Å². The van der Waals surface area contributed by atoms with Crippen LogP contribution in [0.25, 0.3) is 5.69 Å². The zero-order chi connectivity index (χ0) is 17.3. The molecule has 0 aliphatic carbocycles. The summed E-state index contributed by atoms with van der Waals surface area (Å²) in [6.45, 7) is 3.02. The van der Waals surface area contributed by atoms with Gasteiger partial charge in [-0.1, -0.05) is 24.3 Å². The van der Waals surface area contributed by atoms with Crippen LogP contribution >= 0.6 is 0 Å². The average Bonchev–Trinajstić information content (AvgIpc) is 3.26. The number of pyridine rings is 1. The summed E-state index contributed by atoms with van der Waals surface area (Å²) in [6.07, 6.45) is 6.28. The third-order valence-electron chi connectivity index (χ3n) is 5.58. The average molecular weight is 345 g/mol. The van der Waals surface area contributed by atoms with Crippen LogP contribution in [0.2, 0.25) is 0 Å². The minimum Gasteiger partial charge on any atom is -0.297 e. The van der Waals surface area contributed by atoms with Crippen LogP contribution in [0.1, 0.15) is 41.7 Å². The maximum atomic E-state index is 4.63. The first-order chi connectivity index (χ1) is 12.9. The van der Waals surface area contributed by atoms with Gasteiger partial charge in [0.05, 0.1) is 11.4 Å². The van der Waals surface area contributed by atoms with Crippen molar-refractivity contribution in [3.63, 3.8) is 0 Å². The van der Waals surface area contributed by atoms with Gasteiger partial charge in [0, 0.05) is 31.6 Å². The Labute approximate surface area is 153 Å². The highest BCUT2D eigenvalue weighted by Gasteiger charge is 2.30. The zero-order valence-corrected chi connectivity index (χ0v) is 14.9. The summed E-state index contributed by atoms with van der Waals surface area (Å²) in [6, 6.07) is 14.9. The molecule has 1 aromatic carbocycles. The van der Waals surface area contributed by atoms with Crippen LogP contribution in [0.15, 0.2) is 48.7 Å². The second kappa shape index (κ2) is 6.65. The number of nitrogens with zero attached hydrogens (tertiary/aromatic N) is 5. The normalized spacial score (nSPS) is 19.8. The van der Waals surface area contributed by atoms with Crippen molar-refractivity contribution in [3.8, 4) is 5.69 Å². The van der Waals surface area contributed by atoms with Crippen LogP contribution in [0.5, 0.6) is 0 Å². The number of fused-ring (bicyclic) bond motifs is 3. The van der Waals surface area contributed by atoms with E-state index in [1.165, 1.54) is 11.3 Å². The molecule has 1 atom stereocenters. The lowest BCUT2D eigenvalue weighted by Crippen LogP contribution is -2.21. The number of rotatable bonds is 3. The first-order valence-electron chi connectivity index (χ1n) is 9.53. The number of para-hydroxylation sites is 1. The van der Waals surface area contributed by atoms with Gasteiger partial charge >= 0.3 is 0 Å². The molecule has 5 nitrogen and oxygen atoms in total. The fraction of sp³-hybridized carbons (Fsp3) is 0.381. The number of likely N-dealkylation sites (tertiary alicyclic amines) is 1. The van der Waals surface area contributed by atoms with Crippen molar-refractivity contribution in [1.82, 2.24) is 24.6 Å². The van der Waals surface area contributed by atoms with Crippen molar-refractivity contribution >= 4 is 0 Å². The van der Waals surface area contributed by atoms with Gasteiger partial charge in [-0.05, 0) is 49.6 Å². The Kier molecular flexibility index (Phi) is 4.02. The molecule has 0 spiro atoms. The van der Waals surface area contributed by atoms with Crippen LogP contribution in [0, 0.1) is 0 Å². The van der Waals surface area contributed by atoms with Gasteiger partial charge in [0.1, 0.15) is 11.6 Å². The summed E-state index contributed by atoms with van der Waals surface area (Å²) in [5.74, 6) is 2.69. The lowest BCUT2D eigenvalue weighted by atomic mass is 10.1. The van der Waals surface area contributed by atoms with E-state index in [1.807, 2.05) is 12.3 Å². The van der Waals surface area contributed by atoms with Gasteiger partial charge in [0.2, 0.25) is 0 Å². The molecule has 132 valence electrons. The van der Waals surface area contributed by atoms with Crippen LogP contribution in [0.4, 0.5) is 0 Å². The van der Waals surface area contributed by atoms with E-state index < -0.39 is 0 Å². The first-order valence-corrected chi connectivity index (χ1v) is 9.53. The van der Waals surface area contributed by atoms with Crippen molar-refractivity contribution in [3.05, 3.63) is 71.6 Å². The molecule has 1 unspecified atom stereocenters. The lowest BCUT2D eigenvalue weighted by Gasteiger charge is -2.17. The van der Waals surface area contributed by atoms with Crippen molar-refractivity contribution in [1.29, 1.82) is 0 Å². The maximum Gasteiger partial charge on any atom is 0.142 e. The van der Waals surface area contributed by atoms with Gasteiger partial charge in [0.25, 0.3) is 0 Å². The molecule has 2 aliphatic heterocycles. The predicted octanol–water partition coefficient (Wildman–Crippen LogP) is 3.14. The molecule has 2 aliphatic rings.